The van der Waals surface area contributed by atoms with Gasteiger partial charge >= 0.3 is 0 Å². The zero-order valence-corrected chi connectivity index (χ0v) is 15.8. The topological polar surface area (TPSA) is 61.9 Å². The number of fused-ring (bicyclic) bond motifs is 3. The molecule has 3 aromatic rings. The minimum Gasteiger partial charge on any atom is -0.356 e. The number of nitrogens with one attached hydrogen (secondary N) is 1. The molecule has 1 amide bonds. The largest absolute Gasteiger partial charge is 0.356 e. The van der Waals surface area contributed by atoms with E-state index in [1.807, 2.05) is 17.9 Å². The van der Waals surface area contributed by atoms with Gasteiger partial charge in [0.15, 0.2) is 0 Å². The fourth-order valence-corrected chi connectivity index (χ4v) is 4.53. The molecule has 3 heterocycles. The zero-order chi connectivity index (χ0) is 17.8. The number of carbonyl (C=O) groups is 1. The van der Waals surface area contributed by atoms with Crippen LogP contribution in [0.25, 0.3) is 10.9 Å². The predicted molar refractivity (Wildman–Crippen MR) is 99.9 cm³/mol. The van der Waals surface area contributed by atoms with Crippen molar-refractivity contribution in [1.29, 1.82) is 0 Å². The van der Waals surface area contributed by atoms with Gasteiger partial charge in [0, 0.05) is 23.1 Å². The molecule has 0 saturated heterocycles. The number of para-hydroxylation sites is 1. The maximum atomic E-state index is 13.2. The van der Waals surface area contributed by atoms with E-state index in [9.17, 15) is 4.79 Å². The molecule has 25 heavy (non-hydrogen) atoms. The first-order valence-corrected chi connectivity index (χ1v) is 9.34. The molecule has 1 atom stereocenters. The second kappa shape index (κ2) is 5.66. The first-order chi connectivity index (χ1) is 11.9. The number of hydrogen-bond donors (Lipinski definition) is 1. The fourth-order valence-electron chi connectivity index (χ4n) is 3.92. The van der Waals surface area contributed by atoms with Gasteiger partial charge in [0.05, 0.1) is 11.7 Å². The molecule has 5 nitrogen and oxygen atoms in total. The van der Waals surface area contributed by atoms with Crippen molar-refractivity contribution in [1.82, 2.24) is 19.5 Å². The standard InChI is InChI=1S/C19H22N4OS/c1-11-16(25-22-21-11)18(24)23-10-9-13-12-7-5-6-8-14(12)20-15(13)17(23)19(2,3)4/h5-8,17,20H,9-10H2,1-4H3/t17-/m1/s1. The van der Waals surface area contributed by atoms with E-state index in [-0.39, 0.29) is 17.4 Å². The summed E-state index contributed by atoms with van der Waals surface area (Å²) in [5.41, 5.74) is 4.29. The van der Waals surface area contributed by atoms with E-state index in [0.29, 0.717) is 17.1 Å². The molecule has 130 valence electrons. The molecule has 0 aliphatic carbocycles. The van der Waals surface area contributed by atoms with Crippen molar-refractivity contribution >= 4 is 28.3 Å². The van der Waals surface area contributed by atoms with E-state index >= 15 is 0 Å². The lowest BCUT2D eigenvalue weighted by molar-refractivity contribution is 0.0479. The van der Waals surface area contributed by atoms with E-state index in [0.717, 1.165) is 11.9 Å². The molecule has 1 aliphatic heterocycles. The van der Waals surface area contributed by atoms with Gasteiger partial charge in [-0.2, -0.15) is 0 Å². The highest BCUT2D eigenvalue weighted by molar-refractivity contribution is 7.07. The van der Waals surface area contributed by atoms with Crippen LogP contribution in [-0.4, -0.2) is 31.9 Å². The molecule has 4 rings (SSSR count). The van der Waals surface area contributed by atoms with Crippen molar-refractivity contribution in [3.8, 4) is 0 Å². The van der Waals surface area contributed by atoms with Gasteiger partial charge in [0.2, 0.25) is 0 Å². The SMILES string of the molecule is Cc1nnsc1C(=O)N1CCc2c([nH]c3ccccc23)[C@@H]1C(C)(C)C. The minimum atomic E-state index is -0.0856. The number of aromatic nitrogens is 3. The average Bonchev–Trinajstić information content (AvgIpc) is 3.15. The molecule has 2 aromatic heterocycles. The summed E-state index contributed by atoms with van der Waals surface area (Å²) in [5.74, 6) is 0.0386. The number of H-pyrrole nitrogens is 1. The van der Waals surface area contributed by atoms with E-state index in [1.165, 1.54) is 28.2 Å². The second-order valence-electron chi connectivity index (χ2n) is 7.77. The molecule has 0 saturated carbocycles. The van der Waals surface area contributed by atoms with Crippen molar-refractivity contribution in [2.24, 2.45) is 5.41 Å². The van der Waals surface area contributed by atoms with Gasteiger partial charge in [0.1, 0.15) is 4.88 Å². The molecule has 1 aliphatic rings. The molecule has 0 radical (unpaired) electrons. The molecule has 0 fully saturated rings. The number of nitrogens with zero attached hydrogens (tertiary/aromatic N) is 3. The van der Waals surface area contributed by atoms with E-state index in [2.05, 4.69) is 53.5 Å². The number of carbonyl (C=O) groups excluding carboxylic acids is 1. The van der Waals surface area contributed by atoms with Gasteiger partial charge in [-0.25, -0.2) is 0 Å². The van der Waals surface area contributed by atoms with Crippen LogP contribution in [0.2, 0.25) is 0 Å². The van der Waals surface area contributed by atoms with Crippen LogP contribution < -0.4 is 0 Å². The van der Waals surface area contributed by atoms with Crippen molar-refractivity contribution in [3.63, 3.8) is 0 Å². The summed E-state index contributed by atoms with van der Waals surface area (Å²) in [6.45, 7) is 9.14. The number of amides is 1. The molecule has 6 heteroatoms. The minimum absolute atomic E-state index is 0.00218. The van der Waals surface area contributed by atoms with Crippen LogP contribution in [0.5, 0.6) is 0 Å². The number of aryl methyl sites for hydroxylation is 1. The van der Waals surface area contributed by atoms with Crippen LogP contribution in [0.15, 0.2) is 24.3 Å². The highest BCUT2D eigenvalue weighted by Gasteiger charge is 2.41. The number of rotatable bonds is 1. The lowest BCUT2D eigenvalue weighted by Crippen LogP contribution is -2.45. The third-order valence-corrected chi connectivity index (χ3v) is 5.78. The summed E-state index contributed by atoms with van der Waals surface area (Å²) in [7, 11) is 0. The lowest BCUT2D eigenvalue weighted by atomic mass is 9.79. The Morgan fingerprint density at radius 3 is 2.76 bits per heavy atom. The third kappa shape index (κ3) is 2.56. The normalized spacial score (nSPS) is 17.8. The van der Waals surface area contributed by atoms with Gasteiger partial charge in [-0.15, -0.1) is 5.10 Å². The number of aromatic amines is 1. The summed E-state index contributed by atoms with van der Waals surface area (Å²) in [4.78, 5) is 19.4. The van der Waals surface area contributed by atoms with Crippen molar-refractivity contribution in [3.05, 3.63) is 46.1 Å². The summed E-state index contributed by atoms with van der Waals surface area (Å²) < 4.78 is 3.94. The smallest absolute Gasteiger partial charge is 0.268 e. The monoisotopic (exact) mass is 354 g/mol. The van der Waals surface area contributed by atoms with E-state index in [4.69, 9.17) is 0 Å². The van der Waals surface area contributed by atoms with Crippen LogP contribution >= 0.6 is 11.5 Å². The molecule has 1 N–H and O–H groups in total. The van der Waals surface area contributed by atoms with E-state index in [1.54, 1.807) is 0 Å². The van der Waals surface area contributed by atoms with Crippen LogP contribution in [0.1, 0.15) is 53.4 Å². The predicted octanol–water partition coefficient (Wildman–Crippen LogP) is 4.11. The van der Waals surface area contributed by atoms with Crippen LogP contribution in [-0.2, 0) is 6.42 Å². The fraction of sp³-hybridized carbons (Fsp3) is 0.421. The molecule has 1 aromatic carbocycles. The summed E-state index contributed by atoms with van der Waals surface area (Å²) in [6.07, 6.45) is 0.864. The van der Waals surface area contributed by atoms with Crippen LogP contribution in [0, 0.1) is 12.3 Å². The zero-order valence-electron chi connectivity index (χ0n) is 15.0. The average molecular weight is 354 g/mol. The Hall–Kier alpha value is -2.21. The number of benzene rings is 1. The second-order valence-corrected chi connectivity index (χ2v) is 8.52. The maximum absolute atomic E-state index is 13.2. The van der Waals surface area contributed by atoms with Gasteiger partial charge in [-0.1, -0.05) is 43.5 Å². The Bertz CT molecular complexity index is 950. The van der Waals surface area contributed by atoms with Gasteiger partial charge < -0.3 is 9.88 Å². The van der Waals surface area contributed by atoms with Gasteiger partial charge in [0.25, 0.3) is 5.91 Å². The first kappa shape index (κ1) is 16.3. The molecule has 0 spiro atoms. The Kier molecular flexibility index (Phi) is 3.68. The quantitative estimate of drug-likeness (QED) is 0.715. The summed E-state index contributed by atoms with van der Waals surface area (Å²) in [5, 5.41) is 5.28. The van der Waals surface area contributed by atoms with Crippen LogP contribution in [0.3, 0.4) is 0 Å². The van der Waals surface area contributed by atoms with Crippen molar-refractivity contribution < 1.29 is 4.79 Å². The molecular weight excluding hydrogens is 332 g/mol. The highest BCUT2D eigenvalue weighted by atomic mass is 32.1. The molecule has 0 unspecified atom stereocenters. The molecular formula is C19H22N4OS. The van der Waals surface area contributed by atoms with Gasteiger partial charge in [-0.05, 0) is 41.9 Å². The Morgan fingerprint density at radius 1 is 1.32 bits per heavy atom. The highest BCUT2D eigenvalue weighted by Crippen LogP contribution is 2.44. The van der Waals surface area contributed by atoms with Gasteiger partial charge in [-0.3, -0.25) is 4.79 Å². The maximum Gasteiger partial charge on any atom is 0.268 e. The van der Waals surface area contributed by atoms with Crippen molar-refractivity contribution in [2.75, 3.05) is 6.54 Å². The Labute approximate surface area is 151 Å². The number of hydrogen-bond acceptors (Lipinski definition) is 4. The first-order valence-electron chi connectivity index (χ1n) is 8.57. The third-order valence-electron chi connectivity index (χ3n) is 4.96. The molecule has 0 bridgehead atoms. The Balaban J connectivity index is 1.85. The van der Waals surface area contributed by atoms with Crippen LogP contribution in [0.4, 0.5) is 0 Å². The van der Waals surface area contributed by atoms with Crippen molar-refractivity contribution in [2.45, 2.75) is 40.2 Å². The van der Waals surface area contributed by atoms with E-state index < -0.39 is 0 Å². The Morgan fingerprint density at radius 2 is 2.08 bits per heavy atom. The lowest BCUT2D eigenvalue weighted by Gasteiger charge is -2.43. The summed E-state index contributed by atoms with van der Waals surface area (Å²) in [6, 6.07) is 8.39. The summed E-state index contributed by atoms with van der Waals surface area (Å²) >= 11 is 1.19.